The van der Waals surface area contributed by atoms with Gasteiger partial charge in [-0.1, -0.05) is 44.0 Å². The number of nitrogens with zero attached hydrogens (tertiary/aromatic N) is 2. The van der Waals surface area contributed by atoms with Crippen LogP contribution in [0.2, 0.25) is 0 Å². The molecule has 2 aliphatic heterocycles. The third-order valence-electron chi connectivity index (χ3n) is 15.5. The highest BCUT2D eigenvalue weighted by molar-refractivity contribution is 7.86. The molecule has 1 aliphatic carbocycles. The molecule has 6 N–H and O–H groups in total. The van der Waals surface area contributed by atoms with Gasteiger partial charge in [-0.05, 0) is 200 Å². The number of amides is 3. The van der Waals surface area contributed by atoms with Crippen molar-refractivity contribution >= 4 is 84.7 Å². The summed E-state index contributed by atoms with van der Waals surface area (Å²) in [6.45, 7) is 24.6. The van der Waals surface area contributed by atoms with Crippen LogP contribution in [0.25, 0.3) is 0 Å². The quantitative estimate of drug-likeness (QED) is 0.0145. The van der Waals surface area contributed by atoms with E-state index in [-0.39, 0.29) is 47.8 Å². The fourth-order valence-electron chi connectivity index (χ4n) is 11.2. The first-order valence-electron chi connectivity index (χ1n) is 31.0. The van der Waals surface area contributed by atoms with E-state index < -0.39 is 89.9 Å². The van der Waals surface area contributed by atoms with E-state index in [1.54, 1.807) is 74.4 Å². The number of halogens is 1. The second kappa shape index (κ2) is 30.8. The van der Waals surface area contributed by atoms with Gasteiger partial charge in [0.15, 0.2) is 5.71 Å². The number of fused-ring (bicyclic) bond motifs is 2. The first-order chi connectivity index (χ1) is 41.6. The Kier molecular flexibility index (Phi) is 25.4. The number of nitrogens with one attached hydrogen (secondary N) is 3. The number of benzene rings is 2. The lowest BCUT2D eigenvalue weighted by Crippen LogP contribution is -2.53. The third kappa shape index (κ3) is 21.9. The van der Waals surface area contributed by atoms with Crippen LogP contribution < -0.4 is 20.9 Å². The number of ether oxygens (including phenoxy) is 3. The number of hydrogen-bond donors (Lipinski definition) is 6. The van der Waals surface area contributed by atoms with Gasteiger partial charge >= 0.3 is 29.9 Å². The predicted octanol–water partition coefficient (Wildman–Crippen LogP) is 11.7. The Hall–Kier alpha value is -6.40. The standard InChI is InChI=1S/C66H94ClN5O16S2/c1-62(2,3)86-57(76)37-32-50(60(78)88-64(7,8)9)70-61(79)69-49(59(77)87-63(4,5)6)25-18-19-38-68-55(73)26-16-14-20-39-71-51-33-30-45(89(80,81)82)41-47(51)65(10,11)53(71)35-28-43-23-22-24-44(58(43)67)29-36-54-66(12,13)48-42-46(90(83,84)85)31-34-52(48)72(54)40-21-15-17-27-56(74)75/h28-31,33-36,41-42,49-50H,14-27,32,37-40H2,1-13H3,(H5-,68,69,70,73,74,75,79,80,81,82,83,84,85)/p+1/t49-,50-/m0/s1. The molecule has 2 aromatic carbocycles. The van der Waals surface area contributed by atoms with Crippen LogP contribution in [0.4, 0.5) is 16.2 Å². The molecular formula is C66H95ClN5O16S2+. The predicted molar refractivity (Wildman–Crippen MR) is 345 cm³/mol. The lowest BCUT2D eigenvalue weighted by Gasteiger charge is -2.27. The molecule has 3 aliphatic rings. The molecule has 0 fully saturated rings. The highest BCUT2D eigenvalue weighted by Crippen LogP contribution is 2.49. The molecule has 2 atom stereocenters. The Balaban J connectivity index is 1.25. The van der Waals surface area contributed by atoms with Gasteiger partial charge in [-0.25, -0.2) is 14.4 Å². The third-order valence-corrected chi connectivity index (χ3v) is 17.7. The van der Waals surface area contributed by atoms with Gasteiger partial charge in [0.25, 0.3) is 20.2 Å². The lowest BCUT2D eigenvalue weighted by atomic mass is 9.81. The van der Waals surface area contributed by atoms with Gasteiger partial charge in [-0.15, -0.1) is 0 Å². The van der Waals surface area contributed by atoms with E-state index in [2.05, 4.69) is 25.4 Å². The van der Waals surface area contributed by atoms with Crippen LogP contribution in [0.3, 0.4) is 0 Å². The molecule has 0 saturated heterocycles. The molecular weight excluding hydrogens is 1220 g/mol. The van der Waals surface area contributed by atoms with Crippen molar-refractivity contribution in [3.63, 3.8) is 0 Å². The second-order valence-electron chi connectivity index (χ2n) is 27.3. The summed E-state index contributed by atoms with van der Waals surface area (Å²) in [7, 11) is -9.01. The van der Waals surface area contributed by atoms with Crippen molar-refractivity contribution in [2.75, 3.05) is 24.5 Å². The zero-order valence-electron chi connectivity index (χ0n) is 54.6. The maximum atomic E-state index is 13.4. The van der Waals surface area contributed by atoms with Gasteiger partial charge in [0.1, 0.15) is 35.4 Å². The molecule has 0 bridgehead atoms. The number of urea groups is 1. The van der Waals surface area contributed by atoms with E-state index >= 15 is 0 Å². The van der Waals surface area contributed by atoms with E-state index in [4.69, 9.17) is 25.8 Å². The fourth-order valence-corrected chi connectivity index (χ4v) is 12.5. The van der Waals surface area contributed by atoms with Crippen molar-refractivity contribution in [3.05, 3.63) is 93.7 Å². The first kappa shape index (κ1) is 74.3. The van der Waals surface area contributed by atoms with E-state index in [0.717, 1.165) is 45.9 Å². The molecule has 0 unspecified atom stereocenters. The van der Waals surface area contributed by atoms with Gasteiger partial charge in [-0.2, -0.15) is 21.4 Å². The Labute approximate surface area is 537 Å². The summed E-state index contributed by atoms with van der Waals surface area (Å²) in [4.78, 5) is 78.5. The van der Waals surface area contributed by atoms with Crippen LogP contribution >= 0.6 is 11.6 Å². The van der Waals surface area contributed by atoms with Gasteiger partial charge < -0.3 is 40.2 Å². The molecule has 24 heteroatoms. The summed E-state index contributed by atoms with van der Waals surface area (Å²) < 4.78 is 88.0. The fraction of sp³-hybridized carbons (Fsp3) is 0.591. The minimum Gasteiger partial charge on any atom is -0.481 e. The summed E-state index contributed by atoms with van der Waals surface area (Å²) in [5.74, 6) is -3.03. The van der Waals surface area contributed by atoms with Crippen LogP contribution in [-0.2, 0) is 69.2 Å². The van der Waals surface area contributed by atoms with Crippen LogP contribution in [-0.4, -0.2) is 126 Å². The number of unbranched alkanes of at least 4 members (excludes halogenated alkanes) is 5. The Morgan fingerprint density at radius 1 is 0.667 bits per heavy atom. The topological polar surface area (TPSA) is 301 Å². The van der Waals surface area contributed by atoms with Crippen molar-refractivity contribution in [3.8, 4) is 0 Å². The number of anilines is 1. The molecule has 21 nitrogen and oxygen atoms in total. The van der Waals surface area contributed by atoms with E-state index in [1.165, 1.54) is 24.3 Å². The highest BCUT2D eigenvalue weighted by atomic mass is 35.5. The molecule has 2 heterocycles. The van der Waals surface area contributed by atoms with Gasteiger partial charge in [0.2, 0.25) is 11.6 Å². The molecule has 2 aromatic rings. The Morgan fingerprint density at radius 3 is 1.82 bits per heavy atom. The zero-order valence-corrected chi connectivity index (χ0v) is 57.0. The molecule has 5 rings (SSSR count). The molecule has 0 radical (unpaired) electrons. The lowest BCUT2D eigenvalue weighted by molar-refractivity contribution is -0.438. The summed E-state index contributed by atoms with van der Waals surface area (Å²) in [5.41, 5.74) is 2.59. The van der Waals surface area contributed by atoms with E-state index in [9.17, 15) is 59.8 Å². The number of carboxylic acid groups (broad SMARTS) is 1. The second-order valence-corrected chi connectivity index (χ2v) is 30.5. The largest absolute Gasteiger partial charge is 0.481 e. The normalized spacial score (nSPS) is 17.5. The smallest absolute Gasteiger partial charge is 0.329 e. The number of esters is 3. The number of aliphatic carboxylic acids is 1. The number of carbonyl (C=O) groups excluding carboxylic acids is 5. The van der Waals surface area contributed by atoms with Crippen LogP contribution in [0.1, 0.15) is 204 Å². The molecule has 498 valence electrons. The summed E-state index contributed by atoms with van der Waals surface area (Å²) in [6, 6.07) is 5.96. The number of rotatable bonds is 29. The Morgan fingerprint density at radius 2 is 1.23 bits per heavy atom. The minimum atomic E-state index is -4.52. The molecule has 0 aromatic heterocycles. The van der Waals surface area contributed by atoms with Crippen molar-refractivity contribution in [2.24, 2.45) is 0 Å². The van der Waals surface area contributed by atoms with Crippen LogP contribution in [0.15, 0.2) is 92.4 Å². The van der Waals surface area contributed by atoms with Gasteiger partial charge in [0.05, 0.1) is 15.2 Å². The maximum Gasteiger partial charge on any atom is 0.329 e. The molecule has 90 heavy (non-hydrogen) atoms. The first-order valence-corrected chi connectivity index (χ1v) is 34.2. The number of hydrogen-bond acceptors (Lipinski definition) is 14. The van der Waals surface area contributed by atoms with Crippen molar-refractivity contribution in [2.45, 2.75) is 242 Å². The van der Waals surface area contributed by atoms with Crippen molar-refractivity contribution in [1.29, 1.82) is 0 Å². The minimum absolute atomic E-state index is 0.0596. The Bertz CT molecular complexity index is 3400. The summed E-state index contributed by atoms with van der Waals surface area (Å²) >= 11 is 7.28. The summed E-state index contributed by atoms with van der Waals surface area (Å²) in [6.07, 6.45) is 15.0. The highest BCUT2D eigenvalue weighted by Gasteiger charge is 2.45. The molecule has 0 spiro atoms. The average molecular weight is 1310 g/mol. The molecule has 3 amide bonds. The van der Waals surface area contributed by atoms with E-state index in [1.807, 2.05) is 52.0 Å². The maximum absolute atomic E-state index is 13.4. The SMILES string of the molecule is CC(C)(C)OC(=O)CC[C@H](NC(=O)N[C@@H](CCCCNC(=O)CCCCC[N+]1=C(/C=C/C2=C(Cl)C(=C/C=C3/N(CCCCCC(=O)O)c4ccc(S(=O)(=O)O)cc4C3(C)C)/CCC2)C(C)(C)c2cc(S(=O)(=O)O)ccc21)C(=O)OC(C)(C)C)C(=O)OC(C)(C)C. The molecule has 0 saturated carbocycles. The average Bonchev–Trinajstić information content (AvgIpc) is 1.60. The van der Waals surface area contributed by atoms with Gasteiger partial charge in [0, 0.05) is 78.3 Å². The van der Waals surface area contributed by atoms with Crippen LogP contribution in [0, 0.1) is 0 Å². The van der Waals surface area contributed by atoms with Crippen molar-refractivity contribution < 1.29 is 78.6 Å². The van der Waals surface area contributed by atoms with E-state index in [0.29, 0.717) is 94.4 Å². The number of carboxylic acids is 1. The number of carbonyl (C=O) groups is 6. The zero-order chi connectivity index (χ0) is 67.4. The number of allylic oxidation sites excluding steroid dienone is 8. The summed E-state index contributed by atoms with van der Waals surface area (Å²) in [5, 5.41) is 17.9. The van der Waals surface area contributed by atoms with Crippen LogP contribution in [0.5, 0.6) is 0 Å². The van der Waals surface area contributed by atoms with Gasteiger partial charge in [-0.3, -0.25) is 23.5 Å². The monoisotopic (exact) mass is 1310 g/mol. The van der Waals surface area contributed by atoms with Crippen molar-refractivity contribution in [1.82, 2.24) is 16.0 Å².